The minimum absolute atomic E-state index is 0.0161. The summed E-state index contributed by atoms with van der Waals surface area (Å²) in [6.07, 6.45) is 0.792. The van der Waals surface area contributed by atoms with Crippen molar-refractivity contribution >= 4 is 35.2 Å². The van der Waals surface area contributed by atoms with Crippen LogP contribution in [0, 0.1) is 6.92 Å². The number of nitrogens with one attached hydrogen (secondary N) is 1. The molecule has 0 radical (unpaired) electrons. The predicted octanol–water partition coefficient (Wildman–Crippen LogP) is 6.30. The standard InChI is InChI=1S/C29H33ClN2O2S/c1-21(2)31-29(34)27(19-23-7-5-4-6-8-23)32(20-24-11-9-22(3)10-12-24)28(33)17-18-35-26-15-13-25(30)14-16-26/h4-16,21,27H,17-20H2,1-3H3,(H,31,34)/t27-/m1/s1. The van der Waals surface area contributed by atoms with Gasteiger partial charge in [0.15, 0.2) is 0 Å². The number of halogens is 1. The molecule has 1 atom stereocenters. The van der Waals surface area contributed by atoms with Gasteiger partial charge in [0.2, 0.25) is 11.8 Å². The van der Waals surface area contributed by atoms with E-state index in [2.05, 4.69) is 5.32 Å². The molecule has 0 aliphatic rings. The second-order valence-corrected chi connectivity index (χ2v) is 10.5. The van der Waals surface area contributed by atoms with Crippen molar-refractivity contribution in [2.24, 2.45) is 0 Å². The summed E-state index contributed by atoms with van der Waals surface area (Å²) < 4.78 is 0. The van der Waals surface area contributed by atoms with Crippen molar-refractivity contribution in [3.05, 3.63) is 101 Å². The molecule has 0 heterocycles. The number of thioether (sulfide) groups is 1. The van der Waals surface area contributed by atoms with Gasteiger partial charge in [-0.1, -0.05) is 71.8 Å². The Labute approximate surface area is 218 Å². The maximum absolute atomic E-state index is 13.6. The number of benzene rings is 3. The molecule has 0 unspecified atom stereocenters. The lowest BCUT2D eigenvalue weighted by atomic mass is 10.0. The van der Waals surface area contributed by atoms with Crippen LogP contribution in [0.4, 0.5) is 0 Å². The smallest absolute Gasteiger partial charge is 0.243 e. The summed E-state index contributed by atoms with van der Waals surface area (Å²) >= 11 is 7.59. The molecule has 0 saturated heterocycles. The lowest BCUT2D eigenvalue weighted by Gasteiger charge is -2.32. The van der Waals surface area contributed by atoms with Gasteiger partial charge in [-0.15, -0.1) is 11.8 Å². The molecule has 4 nitrogen and oxygen atoms in total. The molecule has 35 heavy (non-hydrogen) atoms. The topological polar surface area (TPSA) is 49.4 Å². The molecule has 0 fully saturated rings. The third kappa shape index (κ3) is 8.75. The van der Waals surface area contributed by atoms with Gasteiger partial charge in [-0.05, 0) is 56.2 Å². The van der Waals surface area contributed by atoms with Crippen LogP contribution in [-0.4, -0.2) is 34.6 Å². The third-order valence-electron chi connectivity index (χ3n) is 5.57. The summed E-state index contributed by atoms with van der Waals surface area (Å²) in [5.41, 5.74) is 3.18. The van der Waals surface area contributed by atoms with E-state index < -0.39 is 6.04 Å². The van der Waals surface area contributed by atoms with Gasteiger partial charge >= 0.3 is 0 Å². The molecule has 0 saturated carbocycles. The molecular weight excluding hydrogens is 476 g/mol. The van der Waals surface area contributed by atoms with E-state index >= 15 is 0 Å². The maximum Gasteiger partial charge on any atom is 0.243 e. The molecule has 0 aliphatic heterocycles. The van der Waals surface area contributed by atoms with E-state index in [-0.39, 0.29) is 17.9 Å². The first kappa shape index (κ1) is 26.8. The molecule has 184 valence electrons. The highest BCUT2D eigenvalue weighted by Crippen LogP contribution is 2.23. The highest BCUT2D eigenvalue weighted by molar-refractivity contribution is 7.99. The Hall–Kier alpha value is -2.76. The van der Waals surface area contributed by atoms with Crippen LogP contribution in [-0.2, 0) is 22.6 Å². The van der Waals surface area contributed by atoms with Crippen molar-refractivity contribution in [1.82, 2.24) is 10.2 Å². The lowest BCUT2D eigenvalue weighted by Crippen LogP contribution is -2.51. The average molecular weight is 509 g/mol. The van der Waals surface area contributed by atoms with Crippen LogP contribution in [0.25, 0.3) is 0 Å². The molecule has 3 aromatic rings. The largest absolute Gasteiger partial charge is 0.352 e. The van der Waals surface area contributed by atoms with E-state index in [1.165, 1.54) is 0 Å². The van der Waals surface area contributed by atoms with Crippen molar-refractivity contribution in [3.63, 3.8) is 0 Å². The minimum Gasteiger partial charge on any atom is -0.352 e. The Balaban J connectivity index is 1.83. The number of amides is 2. The Morgan fingerprint density at radius 1 is 0.914 bits per heavy atom. The number of carbonyl (C=O) groups excluding carboxylic acids is 2. The van der Waals surface area contributed by atoms with E-state index in [9.17, 15) is 9.59 Å². The molecule has 3 rings (SSSR count). The number of carbonyl (C=O) groups is 2. The fraction of sp³-hybridized carbons (Fsp3) is 0.310. The van der Waals surface area contributed by atoms with Gasteiger partial charge in [0.05, 0.1) is 0 Å². The number of hydrogen-bond donors (Lipinski definition) is 1. The zero-order valence-corrected chi connectivity index (χ0v) is 22.1. The first-order valence-electron chi connectivity index (χ1n) is 11.9. The number of rotatable bonds is 11. The van der Waals surface area contributed by atoms with Crippen LogP contribution in [0.5, 0.6) is 0 Å². The number of hydrogen-bond acceptors (Lipinski definition) is 3. The van der Waals surface area contributed by atoms with Gasteiger partial charge in [-0.25, -0.2) is 0 Å². The highest BCUT2D eigenvalue weighted by atomic mass is 35.5. The van der Waals surface area contributed by atoms with E-state index in [4.69, 9.17) is 11.6 Å². The van der Waals surface area contributed by atoms with Gasteiger partial charge in [0.1, 0.15) is 6.04 Å². The van der Waals surface area contributed by atoms with Crippen LogP contribution in [0.3, 0.4) is 0 Å². The zero-order valence-electron chi connectivity index (χ0n) is 20.5. The fourth-order valence-electron chi connectivity index (χ4n) is 3.76. The van der Waals surface area contributed by atoms with Gasteiger partial charge in [0.25, 0.3) is 0 Å². The van der Waals surface area contributed by atoms with Crippen molar-refractivity contribution in [2.45, 2.75) is 57.1 Å². The quantitative estimate of drug-likeness (QED) is 0.309. The maximum atomic E-state index is 13.6. The highest BCUT2D eigenvalue weighted by Gasteiger charge is 2.30. The Bertz CT molecular complexity index is 1090. The van der Waals surface area contributed by atoms with E-state index in [1.54, 1.807) is 16.7 Å². The zero-order chi connectivity index (χ0) is 25.2. The third-order valence-corrected chi connectivity index (χ3v) is 6.84. The minimum atomic E-state index is -0.603. The van der Waals surface area contributed by atoms with Gasteiger partial charge in [0, 0.05) is 41.1 Å². The molecular formula is C29H33ClN2O2S. The molecule has 2 amide bonds. The van der Waals surface area contributed by atoms with Crippen LogP contribution in [0.1, 0.15) is 37.0 Å². The molecule has 3 aromatic carbocycles. The molecule has 6 heteroatoms. The summed E-state index contributed by atoms with van der Waals surface area (Å²) in [5, 5.41) is 3.72. The summed E-state index contributed by atoms with van der Waals surface area (Å²) in [6, 6.07) is 25.0. The monoisotopic (exact) mass is 508 g/mol. The normalized spacial score (nSPS) is 11.8. The SMILES string of the molecule is Cc1ccc(CN(C(=O)CCSc2ccc(Cl)cc2)[C@H](Cc2ccccc2)C(=O)NC(C)C)cc1. The summed E-state index contributed by atoms with van der Waals surface area (Å²) in [6.45, 7) is 6.29. The summed E-state index contributed by atoms with van der Waals surface area (Å²) in [4.78, 5) is 29.8. The van der Waals surface area contributed by atoms with Crippen LogP contribution in [0.15, 0.2) is 83.8 Å². The molecule has 0 aliphatic carbocycles. The molecule has 0 bridgehead atoms. The van der Waals surface area contributed by atoms with Crippen LogP contribution < -0.4 is 5.32 Å². The molecule has 1 N–H and O–H groups in total. The summed E-state index contributed by atoms with van der Waals surface area (Å²) in [7, 11) is 0. The van der Waals surface area contributed by atoms with E-state index in [0.717, 1.165) is 21.6 Å². The summed E-state index contributed by atoms with van der Waals surface area (Å²) in [5.74, 6) is 0.455. The first-order chi connectivity index (χ1) is 16.8. The van der Waals surface area contributed by atoms with Gasteiger partial charge < -0.3 is 10.2 Å². The first-order valence-corrected chi connectivity index (χ1v) is 13.3. The molecule has 0 aromatic heterocycles. The lowest BCUT2D eigenvalue weighted by molar-refractivity contribution is -0.141. The van der Waals surface area contributed by atoms with E-state index in [1.807, 2.05) is 99.6 Å². The molecule has 0 spiro atoms. The Kier molecular flexibility index (Phi) is 10.2. The van der Waals surface area contributed by atoms with Crippen LogP contribution in [0.2, 0.25) is 5.02 Å². The van der Waals surface area contributed by atoms with Crippen molar-refractivity contribution in [3.8, 4) is 0 Å². The second-order valence-electron chi connectivity index (χ2n) is 8.93. The van der Waals surface area contributed by atoms with Gasteiger partial charge in [-0.2, -0.15) is 0 Å². The Morgan fingerprint density at radius 3 is 2.20 bits per heavy atom. The fourth-order valence-corrected chi connectivity index (χ4v) is 4.72. The van der Waals surface area contributed by atoms with Crippen molar-refractivity contribution in [1.29, 1.82) is 0 Å². The van der Waals surface area contributed by atoms with Crippen molar-refractivity contribution in [2.75, 3.05) is 5.75 Å². The van der Waals surface area contributed by atoms with Crippen LogP contribution >= 0.6 is 23.4 Å². The number of nitrogens with zero attached hydrogens (tertiary/aromatic N) is 1. The average Bonchev–Trinajstić information content (AvgIpc) is 2.84. The second kappa shape index (κ2) is 13.4. The number of aryl methyl sites for hydroxylation is 1. The Morgan fingerprint density at radius 2 is 1.57 bits per heavy atom. The van der Waals surface area contributed by atoms with Crippen molar-refractivity contribution < 1.29 is 9.59 Å². The van der Waals surface area contributed by atoms with E-state index in [0.29, 0.717) is 30.2 Å². The van der Waals surface area contributed by atoms with Gasteiger partial charge in [-0.3, -0.25) is 9.59 Å². The predicted molar refractivity (Wildman–Crippen MR) is 146 cm³/mol.